The van der Waals surface area contributed by atoms with Gasteiger partial charge in [0.2, 0.25) is 0 Å². The zero-order valence-corrected chi connectivity index (χ0v) is 14.2. The number of hydrogen-bond acceptors (Lipinski definition) is 5. The molecule has 0 radical (unpaired) electrons. The molecule has 5 nitrogen and oxygen atoms in total. The van der Waals surface area contributed by atoms with Crippen LogP contribution in [0.4, 0.5) is 0 Å². The molecule has 0 aliphatic rings. The fourth-order valence-corrected chi connectivity index (χ4v) is 2.65. The molecular weight excluding hydrogens is 344 g/mol. The van der Waals surface area contributed by atoms with Gasteiger partial charge in [-0.2, -0.15) is 0 Å². The Morgan fingerprint density at radius 1 is 1.08 bits per heavy atom. The second kappa shape index (κ2) is 6.53. The number of hydrogen-bond donors (Lipinski definition) is 0. The molecule has 1 heterocycles. The van der Waals surface area contributed by atoms with Gasteiger partial charge in [-0.1, -0.05) is 11.6 Å². The average molecular weight is 357 g/mol. The molecule has 2 aromatic carbocycles. The van der Waals surface area contributed by atoms with Gasteiger partial charge in [-0.25, -0.2) is 9.59 Å². The van der Waals surface area contributed by atoms with Crippen molar-refractivity contribution < 1.29 is 18.7 Å². The van der Waals surface area contributed by atoms with Gasteiger partial charge >= 0.3 is 11.6 Å². The molecule has 0 aliphatic carbocycles. The van der Waals surface area contributed by atoms with Gasteiger partial charge in [0, 0.05) is 16.5 Å². The number of esters is 1. The third-order valence-corrected chi connectivity index (χ3v) is 3.97. The smallest absolute Gasteiger partial charge is 0.343 e. The first-order valence-corrected chi connectivity index (χ1v) is 7.81. The first-order valence-electron chi connectivity index (χ1n) is 7.43. The number of Topliss-reactive ketones (excluding diaryl/α,β-unsaturated/α-hetero) is 1. The first-order chi connectivity index (χ1) is 11.9. The van der Waals surface area contributed by atoms with E-state index < -0.39 is 11.6 Å². The van der Waals surface area contributed by atoms with Gasteiger partial charge in [0.1, 0.15) is 11.3 Å². The third-order valence-electron chi connectivity index (χ3n) is 3.72. The van der Waals surface area contributed by atoms with Crippen LogP contribution in [0.15, 0.2) is 51.7 Å². The van der Waals surface area contributed by atoms with E-state index in [1.165, 1.54) is 31.2 Å². The molecule has 0 spiro atoms. The zero-order valence-electron chi connectivity index (χ0n) is 13.5. The van der Waals surface area contributed by atoms with Crippen molar-refractivity contribution in [3.63, 3.8) is 0 Å². The van der Waals surface area contributed by atoms with Gasteiger partial charge in [0.25, 0.3) is 0 Å². The number of ether oxygens (including phenoxy) is 1. The van der Waals surface area contributed by atoms with E-state index in [9.17, 15) is 14.4 Å². The van der Waals surface area contributed by atoms with E-state index in [-0.39, 0.29) is 28.2 Å². The molecule has 0 unspecified atom stereocenters. The minimum atomic E-state index is -0.645. The number of fused-ring (bicyclic) bond motifs is 1. The number of rotatable bonds is 3. The van der Waals surface area contributed by atoms with Crippen LogP contribution in [0.3, 0.4) is 0 Å². The molecule has 3 aromatic rings. The Morgan fingerprint density at radius 3 is 2.40 bits per heavy atom. The van der Waals surface area contributed by atoms with E-state index in [4.69, 9.17) is 20.8 Å². The Balaban J connectivity index is 2.11. The van der Waals surface area contributed by atoms with Gasteiger partial charge in [-0.05, 0) is 55.8 Å². The number of carbonyl (C=O) groups excluding carboxylic acids is 2. The van der Waals surface area contributed by atoms with Gasteiger partial charge in [-0.3, -0.25) is 4.79 Å². The molecular formula is C19H13ClO5. The van der Waals surface area contributed by atoms with Crippen molar-refractivity contribution in [1.82, 2.24) is 0 Å². The topological polar surface area (TPSA) is 73.6 Å². The summed E-state index contributed by atoms with van der Waals surface area (Å²) in [6.45, 7) is 3.05. The maximum atomic E-state index is 12.3. The Hall–Kier alpha value is -2.92. The highest BCUT2D eigenvalue weighted by Crippen LogP contribution is 2.30. The monoisotopic (exact) mass is 356 g/mol. The van der Waals surface area contributed by atoms with Crippen LogP contribution in [0.25, 0.3) is 11.0 Å². The first kappa shape index (κ1) is 16.9. The molecule has 1 aromatic heterocycles. The van der Waals surface area contributed by atoms with Gasteiger partial charge in [-0.15, -0.1) is 0 Å². The Labute approximate surface area is 147 Å². The minimum Gasteiger partial charge on any atom is -0.422 e. The third kappa shape index (κ3) is 3.32. The van der Waals surface area contributed by atoms with Crippen LogP contribution in [0.5, 0.6) is 5.75 Å². The second-order valence-electron chi connectivity index (χ2n) is 5.52. The van der Waals surface area contributed by atoms with Gasteiger partial charge in [0.15, 0.2) is 11.4 Å². The standard InChI is InChI=1S/C19H13ClO5/c1-10-9-16(22)25-18-14(10)7-8-15(17(18)11(2)21)24-19(23)12-3-5-13(20)6-4-12/h3-9H,1-2H3. The summed E-state index contributed by atoms with van der Waals surface area (Å²) in [4.78, 5) is 36.1. The van der Waals surface area contributed by atoms with Gasteiger partial charge in [0.05, 0.1) is 5.56 Å². The summed E-state index contributed by atoms with van der Waals surface area (Å²) in [6, 6.07) is 10.7. The molecule has 6 heteroatoms. The normalized spacial score (nSPS) is 10.7. The number of aryl methyl sites for hydroxylation is 1. The Morgan fingerprint density at radius 2 is 1.76 bits per heavy atom. The van der Waals surface area contributed by atoms with Gasteiger partial charge < -0.3 is 9.15 Å². The summed E-state index contributed by atoms with van der Waals surface area (Å²) in [7, 11) is 0. The van der Waals surface area contributed by atoms with Crippen molar-refractivity contribution in [3.05, 3.63) is 74.6 Å². The maximum absolute atomic E-state index is 12.3. The zero-order chi connectivity index (χ0) is 18.1. The fourth-order valence-electron chi connectivity index (χ4n) is 2.53. The van der Waals surface area contributed by atoms with Crippen LogP contribution >= 0.6 is 11.6 Å². The summed E-state index contributed by atoms with van der Waals surface area (Å²) < 4.78 is 10.5. The molecule has 126 valence electrons. The lowest BCUT2D eigenvalue weighted by atomic mass is 10.0. The molecule has 3 rings (SSSR count). The fraction of sp³-hybridized carbons (Fsp3) is 0.105. The molecule has 0 aliphatic heterocycles. The van der Waals surface area contributed by atoms with E-state index in [1.54, 1.807) is 25.1 Å². The minimum absolute atomic E-state index is 0.0358. The van der Waals surface area contributed by atoms with Crippen LogP contribution in [0, 0.1) is 6.92 Å². The van der Waals surface area contributed by atoms with Crippen molar-refractivity contribution in [2.45, 2.75) is 13.8 Å². The maximum Gasteiger partial charge on any atom is 0.343 e. The van der Waals surface area contributed by atoms with Crippen molar-refractivity contribution in [3.8, 4) is 5.75 Å². The summed E-state index contributed by atoms with van der Waals surface area (Å²) in [6.07, 6.45) is 0. The van der Waals surface area contributed by atoms with E-state index >= 15 is 0 Å². The predicted molar refractivity (Wildman–Crippen MR) is 93.6 cm³/mol. The summed E-state index contributed by atoms with van der Waals surface area (Å²) in [5.74, 6) is -0.986. The highest BCUT2D eigenvalue weighted by Gasteiger charge is 2.20. The van der Waals surface area contributed by atoms with Crippen molar-refractivity contribution in [2.24, 2.45) is 0 Å². The van der Waals surface area contributed by atoms with E-state index in [1.807, 2.05) is 0 Å². The molecule has 0 amide bonds. The molecule has 0 bridgehead atoms. The lowest BCUT2D eigenvalue weighted by Crippen LogP contribution is -2.12. The average Bonchev–Trinajstić information content (AvgIpc) is 2.54. The van der Waals surface area contributed by atoms with Crippen LogP contribution in [-0.4, -0.2) is 11.8 Å². The Bertz CT molecular complexity index is 1050. The predicted octanol–water partition coefficient (Wildman–Crippen LogP) is 4.18. The second-order valence-corrected chi connectivity index (χ2v) is 5.95. The van der Waals surface area contributed by atoms with E-state index in [2.05, 4.69) is 0 Å². The van der Waals surface area contributed by atoms with Crippen LogP contribution < -0.4 is 10.4 Å². The van der Waals surface area contributed by atoms with Crippen molar-refractivity contribution in [1.29, 1.82) is 0 Å². The van der Waals surface area contributed by atoms with E-state index in [0.29, 0.717) is 16.0 Å². The summed E-state index contributed by atoms with van der Waals surface area (Å²) in [5, 5.41) is 1.10. The summed E-state index contributed by atoms with van der Waals surface area (Å²) in [5.41, 5.74) is 0.544. The number of ketones is 1. The largest absolute Gasteiger partial charge is 0.422 e. The SMILES string of the molecule is CC(=O)c1c(OC(=O)c2ccc(Cl)cc2)ccc2c(C)cc(=O)oc12. The molecule has 0 saturated carbocycles. The molecule has 0 saturated heterocycles. The lowest BCUT2D eigenvalue weighted by molar-refractivity contribution is 0.0733. The molecule has 0 fully saturated rings. The van der Waals surface area contributed by atoms with Crippen molar-refractivity contribution >= 4 is 34.3 Å². The van der Waals surface area contributed by atoms with Crippen LogP contribution in [0.2, 0.25) is 5.02 Å². The number of halogens is 1. The summed E-state index contributed by atoms with van der Waals surface area (Å²) >= 11 is 5.80. The molecule has 25 heavy (non-hydrogen) atoms. The van der Waals surface area contributed by atoms with Crippen molar-refractivity contribution in [2.75, 3.05) is 0 Å². The van der Waals surface area contributed by atoms with Crippen LogP contribution in [0.1, 0.15) is 33.2 Å². The highest BCUT2D eigenvalue weighted by molar-refractivity contribution is 6.30. The number of carbonyl (C=O) groups is 2. The quantitative estimate of drug-likeness (QED) is 0.304. The number of benzene rings is 2. The molecule has 0 N–H and O–H groups in total. The Kier molecular flexibility index (Phi) is 4.42. The van der Waals surface area contributed by atoms with E-state index in [0.717, 1.165) is 0 Å². The highest BCUT2D eigenvalue weighted by atomic mass is 35.5. The molecule has 0 atom stereocenters. The lowest BCUT2D eigenvalue weighted by Gasteiger charge is -2.11. The van der Waals surface area contributed by atoms with Crippen LogP contribution in [-0.2, 0) is 0 Å².